The van der Waals surface area contributed by atoms with Gasteiger partial charge in [-0.2, -0.15) is 0 Å². The summed E-state index contributed by atoms with van der Waals surface area (Å²) in [5.41, 5.74) is 2.77. The normalized spacial score (nSPS) is 16.0. The monoisotopic (exact) mass is 750 g/mol. The summed E-state index contributed by atoms with van der Waals surface area (Å²) in [6, 6.07) is 11.1. The first-order chi connectivity index (χ1) is 22.2. The molecule has 0 spiro atoms. The number of likely N-dealkylation sites (tertiary alicyclic amines) is 1. The molecular formula is C34H49BCl2F4N4O5. The fraction of sp³-hybridized carbons (Fsp3) is 0.529. The molecule has 2 aliphatic heterocycles. The number of rotatable bonds is 2. The van der Waals surface area contributed by atoms with Crippen LogP contribution in [0.15, 0.2) is 48.6 Å². The molecule has 0 saturated carbocycles. The molecule has 2 unspecified atom stereocenters. The molecule has 2 aromatic carbocycles. The zero-order valence-electron chi connectivity index (χ0n) is 29.3. The zero-order chi connectivity index (χ0) is 36.8. The maximum Gasteiger partial charge on any atom is 0.762 e. The van der Waals surface area contributed by atoms with E-state index in [0.717, 1.165) is 22.6 Å². The third-order valence-corrected chi connectivity index (χ3v) is 7.38. The van der Waals surface area contributed by atoms with E-state index in [4.69, 9.17) is 42.8 Å². The van der Waals surface area contributed by atoms with Gasteiger partial charge >= 0.3 is 25.4 Å². The summed E-state index contributed by atoms with van der Waals surface area (Å²) in [5.74, 6) is 0.230. The van der Waals surface area contributed by atoms with Crippen LogP contribution in [0.1, 0.15) is 78.0 Å². The third-order valence-electron chi connectivity index (χ3n) is 6.53. The standard InChI is InChI=1S/C17H24ClNO3.C9H15NO2.C7H6ClN2.CH4.BF3.FH/c1-11-8-12(6-7-14(11)18)13-9-15(21-5)19(10-13)16(20)22-17(2,3)4;1-9(2,3)12-8(11)10-6-4-5-7-10;1-5-4-6(10-9)2-3-7(5)8;;2-1(3)4;/h6-8,13,15H,9-10H2,1-5H3;4-5H,6-7H2,1-3H3;2-4H,1H3;1H4;;1H/q;;+1;;;/p-1. The Kier molecular flexibility index (Phi) is 21.7. The van der Waals surface area contributed by atoms with Crippen LogP contribution < -0.4 is 4.70 Å². The van der Waals surface area contributed by atoms with Crippen molar-refractivity contribution in [2.24, 2.45) is 0 Å². The van der Waals surface area contributed by atoms with E-state index in [2.05, 4.69) is 11.0 Å². The summed E-state index contributed by atoms with van der Waals surface area (Å²) >= 11 is 11.8. The third kappa shape index (κ3) is 18.5. The van der Waals surface area contributed by atoms with Crippen LogP contribution in [0, 0.1) is 19.2 Å². The van der Waals surface area contributed by atoms with Crippen molar-refractivity contribution in [3.63, 3.8) is 0 Å². The quantitative estimate of drug-likeness (QED) is 0.135. The number of nitrogens with zero attached hydrogens (tertiary/aromatic N) is 4. The first kappa shape index (κ1) is 48.6. The van der Waals surface area contributed by atoms with Crippen LogP contribution in [0.3, 0.4) is 0 Å². The highest BCUT2D eigenvalue weighted by Crippen LogP contribution is 2.34. The zero-order valence-corrected chi connectivity index (χ0v) is 30.8. The van der Waals surface area contributed by atoms with E-state index in [0.29, 0.717) is 30.3 Å². The molecule has 0 radical (unpaired) electrons. The fourth-order valence-electron chi connectivity index (χ4n) is 4.34. The molecule has 4 rings (SSSR count). The molecule has 2 aliphatic rings. The number of aryl methyl sites for hydroxylation is 2. The van der Waals surface area contributed by atoms with Crippen molar-refractivity contribution in [1.82, 2.24) is 9.80 Å². The maximum atomic E-state index is 12.3. The Morgan fingerprint density at radius 1 is 0.880 bits per heavy atom. The number of benzene rings is 2. The van der Waals surface area contributed by atoms with Gasteiger partial charge in [0.2, 0.25) is 5.39 Å². The number of hydrogen-bond acceptors (Lipinski definition) is 6. The Hall–Kier alpha value is -3.54. The largest absolute Gasteiger partial charge is 1.00 e. The van der Waals surface area contributed by atoms with E-state index in [-0.39, 0.29) is 42.1 Å². The van der Waals surface area contributed by atoms with E-state index in [1.54, 1.807) is 35.1 Å². The second-order valence-corrected chi connectivity index (χ2v) is 13.7. The average molecular weight is 751 g/mol. The molecular weight excluding hydrogens is 702 g/mol. The number of amides is 2. The minimum atomic E-state index is -3.67. The van der Waals surface area contributed by atoms with Crippen LogP contribution in [0.2, 0.25) is 10.0 Å². The van der Waals surface area contributed by atoms with E-state index in [9.17, 15) is 22.5 Å². The molecule has 0 aliphatic carbocycles. The summed E-state index contributed by atoms with van der Waals surface area (Å²) in [5, 5.41) is 9.78. The number of ether oxygens (including phenoxy) is 3. The lowest BCUT2D eigenvalue weighted by molar-refractivity contribution is -0.0306. The molecule has 50 heavy (non-hydrogen) atoms. The first-order valence-electron chi connectivity index (χ1n) is 15.1. The molecule has 1 fully saturated rings. The van der Waals surface area contributed by atoms with Crippen molar-refractivity contribution >= 4 is 48.6 Å². The van der Waals surface area contributed by atoms with Gasteiger partial charge in [-0.05, 0) is 84.2 Å². The smallest absolute Gasteiger partial charge is 0.762 e. The fourth-order valence-corrected chi connectivity index (χ4v) is 4.58. The van der Waals surface area contributed by atoms with E-state index < -0.39 is 13.1 Å². The Morgan fingerprint density at radius 2 is 1.34 bits per heavy atom. The molecule has 16 heteroatoms. The van der Waals surface area contributed by atoms with Gasteiger partial charge in [-0.25, -0.2) is 9.59 Å². The molecule has 9 nitrogen and oxygen atoms in total. The predicted octanol–water partition coefficient (Wildman–Crippen LogP) is 7.79. The molecule has 0 bridgehead atoms. The van der Waals surface area contributed by atoms with Crippen molar-refractivity contribution in [3.8, 4) is 0 Å². The second-order valence-electron chi connectivity index (χ2n) is 12.9. The summed E-state index contributed by atoms with van der Waals surface area (Å²) in [4.78, 5) is 30.0. The van der Waals surface area contributed by atoms with Crippen LogP contribution in [-0.4, -0.2) is 73.7 Å². The van der Waals surface area contributed by atoms with Crippen LogP contribution in [0.4, 0.5) is 28.2 Å². The van der Waals surface area contributed by atoms with E-state index in [1.165, 1.54) is 5.56 Å². The number of diazo groups is 1. The van der Waals surface area contributed by atoms with Gasteiger partial charge in [-0.15, -0.1) is 0 Å². The Labute approximate surface area is 304 Å². The van der Waals surface area contributed by atoms with Crippen molar-refractivity contribution in [3.05, 3.63) is 80.3 Å². The van der Waals surface area contributed by atoms with Crippen molar-refractivity contribution in [1.29, 1.82) is 5.39 Å². The minimum Gasteiger partial charge on any atom is -1.00 e. The van der Waals surface area contributed by atoms with Gasteiger partial charge in [-0.3, -0.25) is 17.8 Å². The van der Waals surface area contributed by atoms with Crippen LogP contribution in [-0.2, 0) is 14.2 Å². The molecule has 0 aromatic heterocycles. The molecule has 1 saturated heterocycles. The van der Waals surface area contributed by atoms with Gasteiger partial charge in [0.1, 0.15) is 17.4 Å². The highest BCUT2D eigenvalue weighted by atomic mass is 35.5. The SMILES string of the molecule is C.CC(C)(C)OC(=O)N1CC=CC1.COC1CC(c2ccc(Cl)c(C)c2)CN1C(=O)OC(C)(C)C.Cc1cc([N+]#N)ccc1Cl.FB(F)F.[F-]. The Balaban J connectivity index is 0. The topological polar surface area (TPSA) is 96.5 Å². The van der Waals surface area contributed by atoms with Gasteiger partial charge in [-0.1, -0.05) is 54.9 Å². The van der Waals surface area contributed by atoms with Gasteiger partial charge in [0.25, 0.3) is 0 Å². The molecule has 2 amide bonds. The number of methoxy groups -OCH3 is 1. The molecule has 2 aromatic rings. The van der Waals surface area contributed by atoms with Gasteiger partial charge in [0, 0.05) is 61.3 Å². The predicted molar refractivity (Wildman–Crippen MR) is 191 cm³/mol. The number of halogens is 6. The van der Waals surface area contributed by atoms with Crippen LogP contribution in [0.25, 0.3) is 4.98 Å². The first-order valence-corrected chi connectivity index (χ1v) is 15.9. The maximum absolute atomic E-state index is 12.3. The summed E-state index contributed by atoms with van der Waals surface area (Å²) in [6.07, 6.45) is 3.88. The van der Waals surface area contributed by atoms with Crippen molar-refractivity contribution < 1.29 is 41.5 Å². The summed E-state index contributed by atoms with van der Waals surface area (Å²) in [6.45, 7) is 17.0. The lowest BCUT2D eigenvalue weighted by Gasteiger charge is -2.27. The lowest BCUT2D eigenvalue weighted by atomic mass is 9.96. The molecule has 2 heterocycles. The van der Waals surface area contributed by atoms with Crippen LogP contribution >= 0.6 is 23.2 Å². The number of hydrogen-bond donors (Lipinski definition) is 0. The molecule has 0 N–H and O–H groups in total. The number of carbonyl (C=O) groups is 2. The van der Waals surface area contributed by atoms with Gasteiger partial charge in [0.05, 0.1) is 0 Å². The summed E-state index contributed by atoms with van der Waals surface area (Å²) < 4.78 is 45.1. The van der Waals surface area contributed by atoms with Gasteiger partial charge in [0.15, 0.2) is 4.98 Å². The van der Waals surface area contributed by atoms with E-state index in [1.807, 2.05) is 79.7 Å². The van der Waals surface area contributed by atoms with Gasteiger partial charge < -0.3 is 23.8 Å². The van der Waals surface area contributed by atoms with E-state index >= 15 is 0 Å². The summed E-state index contributed by atoms with van der Waals surface area (Å²) in [7, 11) is -2.04. The highest BCUT2D eigenvalue weighted by Gasteiger charge is 2.38. The van der Waals surface area contributed by atoms with Crippen molar-refractivity contribution in [2.75, 3.05) is 26.7 Å². The minimum absolute atomic E-state index is 0. The highest BCUT2D eigenvalue weighted by molar-refractivity contribution is 6.33. The second kappa shape index (κ2) is 22.3. The molecule has 280 valence electrons. The average Bonchev–Trinajstić information content (AvgIpc) is 3.66. The Morgan fingerprint density at radius 3 is 1.76 bits per heavy atom. The van der Waals surface area contributed by atoms with Crippen molar-refractivity contribution in [2.45, 2.75) is 92.6 Å². The molecule has 2 atom stereocenters. The Bertz CT molecular complexity index is 1430. The lowest BCUT2D eigenvalue weighted by Crippen LogP contribution is -3.00. The van der Waals surface area contributed by atoms with Crippen LogP contribution in [0.5, 0.6) is 0 Å². The number of carbonyl (C=O) groups excluding carboxylic acids is 2.